The predicted octanol–water partition coefficient (Wildman–Crippen LogP) is 2.23. The maximum atomic E-state index is 13.4. The second kappa shape index (κ2) is 5.47. The third kappa shape index (κ3) is 3.98. The fourth-order valence-electron chi connectivity index (χ4n) is 1.14. The van der Waals surface area contributed by atoms with E-state index in [1.807, 2.05) is 0 Å². The highest BCUT2D eigenvalue weighted by atomic mass is 35.5. The summed E-state index contributed by atoms with van der Waals surface area (Å²) < 4.78 is 13.4. The van der Waals surface area contributed by atoms with Crippen LogP contribution in [0.5, 0.6) is 0 Å². The van der Waals surface area contributed by atoms with Crippen molar-refractivity contribution in [3.05, 3.63) is 34.6 Å². The molecule has 0 aromatic heterocycles. The van der Waals surface area contributed by atoms with Crippen molar-refractivity contribution in [3.63, 3.8) is 0 Å². The summed E-state index contributed by atoms with van der Waals surface area (Å²) in [4.78, 5) is 11.7. The molecule has 2 N–H and O–H groups in total. The third-order valence-corrected chi connectivity index (χ3v) is 2.56. The van der Waals surface area contributed by atoms with Crippen LogP contribution in [0.4, 0.5) is 4.39 Å². The number of amides is 1. The summed E-state index contributed by atoms with van der Waals surface area (Å²) in [7, 11) is 0. The van der Waals surface area contributed by atoms with Crippen molar-refractivity contribution in [1.29, 1.82) is 0 Å². The van der Waals surface area contributed by atoms with Crippen LogP contribution in [0.2, 0.25) is 5.02 Å². The van der Waals surface area contributed by atoms with E-state index >= 15 is 0 Å². The molecule has 0 atom stereocenters. The summed E-state index contributed by atoms with van der Waals surface area (Å²) in [5, 5.41) is 11.9. The van der Waals surface area contributed by atoms with Gasteiger partial charge in [-0.15, -0.1) is 0 Å². The van der Waals surface area contributed by atoms with E-state index in [1.165, 1.54) is 12.1 Å². The number of aliphatic hydroxyl groups is 1. The zero-order valence-electron chi connectivity index (χ0n) is 9.76. The highest BCUT2D eigenvalue weighted by Gasteiger charge is 2.19. The number of hydrogen-bond donors (Lipinski definition) is 2. The molecule has 0 unspecified atom stereocenters. The Labute approximate surface area is 105 Å². The first-order valence-corrected chi connectivity index (χ1v) is 5.57. The first kappa shape index (κ1) is 13.9. The van der Waals surface area contributed by atoms with Crippen molar-refractivity contribution in [3.8, 4) is 0 Å². The first-order valence-electron chi connectivity index (χ1n) is 5.20. The van der Waals surface area contributed by atoms with Crippen LogP contribution in [-0.4, -0.2) is 24.2 Å². The number of carbonyl (C=O) groups excluding carboxylic acids is 1. The van der Waals surface area contributed by atoms with Gasteiger partial charge < -0.3 is 10.4 Å². The highest BCUT2D eigenvalue weighted by molar-refractivity contribution is 6.30. The molecule has 5 heteroatoms. The molecule has 0 saturated carbocycles. The van der Waals surface area contributed by atoms with Gasteiger partial charge in [-0.1, -0.05) is 25.4 Å². The minimum atomic E-state index is -0.617. The lowest BCUT2D eigenvalue weighted by Gasteiger charge is -2.21. The first-order chi connectivity index (χ1) is 7.85. The quantitative estimate of drug-likeness (QED) is 0.871. The van der Waals surface area contributed by atoms with E-state index in [1.54, 1.807) is 13.8 Å². The van der Waals surface area contributed by atoms with E-state index in [2.05, 4.69) is 5.32 Å². The smallest absolute Gasteiger partial charge is 0.254 e. The number of rotatable bonds is 4. The van der Waals surface area contributed by atoms with Crippen molar-refractivity contribution in [2.75, 3.05) is 13.2 Å². The summed E-state index contributed by atoms with van der Waals surface area (Å²) in [6.07, 6.45) is 0. The van der Waals surface area contributed by atoms with Crippen molar-refractivity contribution < 1.29 is 14.3 Å². The Kier molecular flexibility index (Phi) is 4.48. The Morgan fingerprint density at radius 1 is 1.53 bits per heavy atom. The summed E-state index contributed by atoms with van der Waals surface area (Å²) in [6.45, 7) is 3.78. The maximum absolute atomic E-state index is 13.4. The number of hydrogen-bond acceptors (Lipinski definition) is 2. The molecule has 0 aliphatic heterocycles. The van der Waals surface area contributed by atoms with Crippen molar-refractivity contribution >= 4 is 17.5 Å². The molecule has 0 aliphatic carbocycles. The van der Waals surface area contributed by atoms with Crippen LogP contribution in [-0.2, 0) is 0 Å². The Bertz CT molecular complexity index is 421. The molecule has 0 heterocycles. The minimum Gasteiger partial charge on any atom is -0.396 e. The molecule has 1 rings (SSSR count). The number of halogens is 2. The highest BCUT2D eigenvalue weighted by Crippen LogP contribution is 2.16. The average molecular weight is 260 g/mol. The molecule has 1 aromatic rings. The lowest BCUT2D eigenvalue weighted by molar-refractivity contribution is 0.0907. The van der Waals surface area contributed by atoms with E-state index in [-0.39, 0.29) is 18.7 Å². The normalized spacial score (nSPS) is 11.4. The van der Waals surface area contributed by atoms with Crippen LogP contribution in [0.1, 0.15) is 24.2 Å². The van der Waals surface area contributed by atoms with Gasteiger partial charge in [0.05, 0.1) is 5.56 Å². The van der Waals surface area contributed by atoms with E-state index in [9.17, 15) is 9.18 Å². The van der Waals surface area contributed by atoms with E-state index in [4.69, 9.17) is 16.7 Å². The fourth-order valence-corrected chi connectivity index (χ4v) is 1.31. The number of benzene rings is 1. The van der Waals surface area contributed by atoms with Crippen LogP contribution in [0.25, 0.3) is 0 Å². The molecular weight excluding hydrogens is 245 g/mol. The molecule has 0 spiro atoms. The molecule has 0 bridgehead atoms. The van der Waals surface area contributed by atoms with Crippen LogP contribution in [0, 0.1) is 11.2 Å². The SMILES string of the molecule is CC(C)(CO)CNC(=O)c1cc(Cl)ccc1F. The number of aliphatic hydroxyl groups excluding tert-OH is 1. The van der Waals surface area contributed by atoms with Gasteiger partial charge in [0.25, 0.3) is 5.91 Å². The molecule has 1 amide bonds. The van der Waals surface area contributed by atoms with Gasteiger partial charge in [-0.25, -0.2) is 4.39 Å². The summed E-state index contributed by atoms with van der Waals surface area (Å²) >= 11 is 5.69. The zero-order valence-corrected chi connectivity index (χ0v) is 10.5. The Balaban J connectivity index is 2.74. The van der Waals surface area contributed by atoms with Gasteiger partial charge in [0, 0.05) is 23.6 Å². The van der Waals surface area contributed by atoms with Crippen LogP contribution in [0.15, 0.2) is 18.2 Å². The van der Waals surface area contributed by atoms with Gasteiger partial charge in [-0.2, -0.15) is 0 Å². The van der Waals surface area contributed by atoms with Crippen LogP contribution >= 0.6 is 11.6 Å². The van der Waals surface area contributed by atoms with E-state index in [0.29, 0.717) is 5.02 Å². The third-order valence-electron chi connectivity index (χ3n) is 2.33. The number of nitrogens with one attached hydrogen (secondary N) is 1. The molecule has 3 nitrogen and oxygen atoms in total. The molecule has 0 saturated heterocycles. The average Bonchev–Trinajstić information content (AvgIpc) is 2.29. The van der Waals surface area contributed by atoms with Gasteiger partial charge >= 0.3 is 0 Å². The Morgan fingerprint density at radius 3 is 2.76 bits per heavy atom. The topological polar surface area (TPSA) is 49.3 Å². The van der Waals surface area contributed by atoms with Crippen molar-refractivity contribution in [2.45, 2.75) is 13.8 Å². The van der Waals surface area contributed by atoms with Gasteiger partial charge in [0.15, 0.2) is 0 Å². The summed E-state index contributed by atoms with van der Waals surface area (Å²) in [5.74, 6) is -1.15. The van der Waals surface area contributed by atoms with E-state index in [0.717, 1.165) is 6.07 Å². The molecule has 0 radical (unpaired) electrons. The fraction of sp³-hybridized carbons (Fsp3) is 0.417. The molecule has 17 heavy (non-hydrogen) atoms. The summed E-state index contributed by atoms with van der Waals surface area (Å²) in [5.41, 5.74) is -0.531. The molecule has 0 aliphatic rings. The van der Waals surface area contributed by atoms with Crippen LogP contribution in [0.3, 0.4) is 0 Å². The lowest BCUT2D eigenvalue weighted by Crippen LogP contribution is -2.36. The van der Waals surface area contributed by atoms with Gasteiger partial charge in [0.2, 0.25) is 0 Å². The monoisotopic (exact) mass is 259 g/mol. The minimum absolute atomic E-state index is 0.0642. The molecular formula is C12H15ClFNO2. The molecule has 0 fully saturated rings. The van der Waals surface area contributed by atoms with Crippen molar-refractivity contribution in [2.24, 2.45) is 5.41 Å². The molecule has 1 aromatic carbocycles. The second-order valence-electron chi connectivity index (χ2n) is 4.63. The van der Waals surface area contributed by atoms with E-state index < -0.39 is 17.1 Å². The summed E-state index contributed by atoms with van der Waals surface area (Å²) in [6, 6.07) is 3.80. The number of carbonyl (C=O) groups is 1. The Hall–Kier alpha value is -1.13. The van der Waals surface area contributed by atoms with Gasteiger partial charge in [-0.05, 0) is 18.2 Å². The standard InChI is InChI=1S/C12H15ClFNO2/c1-12(2,7-16)6-15-11(17)9-5-8(13)3-4-10(9)14/h3-5,16H,6-7H2,1-2H3,(H,15,17). The molecule has 94 valence electrons. The second-order valence-corrected chi connectivity index (χ2v) is 5.07. The van der Waals surface area contributed by atoms with Crippen molar-refractivity contribution in [1.82, 2.24) is 5.32 Å². The lowest BCUT2D eigenvalue weighted by atomic mass is 9.95. The zero-order chi connectivity index (χ0) is 13.1. The van der Waals surface area contributed by atoms with Gasteiger partial charge in [0.1, 0.15) is 5.82 Å². The van der Waals surface area contributed by atoms with Gasteiger partial charge in [-0.3, -0.25) is 4.79 Å². The predicted molar refractivity (Wildman–Crippen MR) is 64.6 cm³/mol. The Morgan fingerprint density at radius 2 is 2.18 bits per heavy atom. The maximum Gasteiger partial charge on any atom is 0.254 e. The van der Waals surface area contributed by atoms with Crippen LogP contribution < -0.4 is 5.32 Å². The largest absolute Gasteiger partial charge is 0.396 e.